The number of nitrogens with zero attached hydrogens (tertiary/aromatic N) is 1. The van der Waals surface area contributed by atoms with Crippen molar-refractivity contribution >= 4 is 21.9 Å². The summed E-state index contributed by atoms with van der Waals surface area (Å²) in [6.07, 6.45) is 0. The molecule has 0 saturated heterocycles. The first kappa shape index (κ1) is 13.4. The molecule has 0 aliphatic rings. The van der Waals surface area contributed by atoms with E-state index in [0.717, 1.165) is 0 Å². The van der Waals surface area contributed by atoms with Gasteiger partial charge in [-0.05, 0) is 22.0 Å². The number of methoxy groups -OCH3 is 2. The smallest absolute Gasteiger partial charge is 0.358 e. The van der Waals surface area contributed by atoms with Crippen LogP contribution in [0.15, 0.2) is 27.2 Å². The number of aromatic nitrogens is 1. The lowest BCUT2D eigenvalue weighted by Crippen LogP contribution is -1.94. The maximum Gasteiger partial charge on any atom is 0.358 e. The van der Waals surface area contributed by atoms with Crippen molar-refractivity contribution in [2.24, 2.45) is 0 Å². The predicted octanol–water partition coefficient (Wildman–Crippen LogP) is 2.82. The van der Waals surface area contributed by atoms with Crippen LogP contribution in [0, 0.1) is 0 Å². The second-order valence-electron chi connectivity index (χ2n) is 3.57. The number of carbonyl (C=O) groups is 1. The average molecular weight is 328 g/mol. The Morgan fingerprint density at radius 3 is 2.58 bits per heavy atom. The lowest BCUT2D eigenvalue weighted by atomic mass is 10.1. The lowest BCUT2D eigenvalue weighted by molar-refractivity contribution is 0.0686. The first-order valence-electron chi connectivity index (χ1n) is 5.18. The second-order valence-corrected chi connectivity index (χ2v) is 4.42. The van der Waals surface area contributed by atoms with Gasteiger partial charge in [-0.15, -0.1) is 0 Å². The zero-order valence-electron chi connectivity index (χ0n) is 10.1. The molecular weight excluding hydrogens is 318 g/mol. The molecule has 0 aliphatic carbocycles. The quantitative estimate of drug-likeness (QED) is 0.929. The van der Waals surface area contributed by atoms with E-state index in [9.17, 15) is 4.79 Å². The Balaban J connectivity index is 2.56. The fourth-order valence-electron chi connectivity index (χ4n) is 1.57. The van der Waals surface area contributed by atoms with E-state index in [1.807, 2.05) is 0 Å². The van der Waals surface area contributed by atoms with Crippen LogP contribution in [-0.2, 0) is 0 Å². The molecule has 0 fully saturated rings. The van der Waals surface area contributed by atoms with Crippen LogP contribution in [0.25, 0.3) is 11.3 Å². The third kappa shape index (κ3) is 2.55. The van der Waals surface area contributed by atoms with E-state index in [-0.39, 0.29) is 5.69 Å². The Bertz CT molecular complexity index is 623. The maximum absolute atomic E-state index is 10.8. The van der Waals surface area contributed by atoms with Crippen molar-refractivity contribution < 1.29 is 23.9 Å². The number of carboxylic acid groups (broad SMARTS) is 1. The van der Waals surface area contributed by atoms with E-state index in [0.29, 0.717) is 27.3 Å². The minimum atomic E-state index is -1.15. The van der Waals surface area contributed by atoms with Crippen molar-refractivity contribution in [3.63, 3.8) is 0 Å². The van der Waals surface area contributed by atoms with Crippen LogP contribution >= 0.6 is 15.9 Å². The summed E-state index contributed by atoms with van der Waals surface area (Å²) in [5.74, 6) is 0.229. The summed E-state index contributed by atoms with van der Waals surface area (Å²) in [4.78, 5) is 10.8. The minimum Gasteiger partial charge on any atom is -0.497 e. The Morgan fingerprint density at radius 1 is 1.32 bits per heavy atom. The first-order chi connectivity index (χ1) is 9.06. The second kappa shape index (κ2) is 5.31. The van der Waals surface area contributed by atoms with Crippen LogP contribution in [-0.4, -0.2) is 30.5 Å². The molecule has 19 heavy (non-hydrogen) atoms. The van der Waals surface area contributed by atoms with Gasteiger partial charge in [-0.3, -0.25) is 0 Å². The number of carboxylic acids is 1. The number of rotatable bonds is 4. The molecule has 1 aromatic heterocycles. The van der Waals surface area contributed by atoms with E-state index in [2.05, 4.69) is 21.1 Å². The molecule has 0 radical (unpaired) electrons. The number of aromatic carboxylic acids is 1. The van der Waals surface area contributed by atoms with Gasteiger partial charge in [-0.1, -0.05) is 5.16 Å². The van der Waals surface area contributed by atoms with Gasteiger partial charge in [0.05, 0.1) is 19.8 Å². The number of hydrogen-bond donors (Lipinski definition) is 1. The monoisotopic (exact) mass is 327 g/mol. The average Bonchev–Trinajstić information content (AvgIpc) is 2.86. The molecule has 100 valence electrons. The van der Waals surface area contributed by atoms with Crippen molar-refractivity contribution in [3.8, 4) is 22.8 Å². The Hall–Kier alpha value is -2.02. The molecule has 0 spiro atoms. The van der Waals surface area contributed by atoms with E-state index in [4.69, 9.17) is 19.1 Å². The molecule has 2 aromatic rings. The zero-order valence-corrected chi connectivity index (χ0v) is 11.7. The molecular formula is C12H10BrNO5. The van der Waals surface area contributed by atoms with Gasteiger partial charge in [0.25, 0.3) is 0 Å². The summed E-state index contributed by atoms with van der Waals surface area (Å²) in [6, 6.07) is 4.72. The Kier molecular flexibility index (Phi) is 3.75. The molecule has 1 heterocycles. The highest BCUT2D eigenvalue weighted by molar-refractivity contribution is 9.10. The molecule has 0 atom stereocenters. The lowest BCUT2D eigenvalue weighted by Gasteiger charge is -2.10. The van der Waals surface area contributed by atoms with Crippen LogP contribution in [0.3, 0.4) is 0 Å². The van der Waals surface area contributed by atoms with E-state index < -0.39 is 5.97 Å². The molecule has 0 saturated carbocycles. The summed E-state index contributed by atoms with van der Waals surface area (Å²) < 4.78 is 16.0. The van der Waals surface area contributed by atoms with Crippen LogP contribution in [0.2, 0.25) is 0 Å². The van der Waals surface area contributed by atoms with Gasteiger partial charge in [0, 0.05) is 16.6 Å². The molecule has 0 unspecified atom stereocenters. The number of ether oxygens (including phenoxy) is 2. The molecule has 0 aliphatic heterocycles. The van der Waals surface area contributed by atoms with Crippen molar-refractivity contribution in [2.75, 3.05) is 14.2 Å². The van der Waals surface area contributed by atoms with Gasteiger partial charge in [0.1, 0.15) is 11.5 Å². The molecule has 7 heteroatoms. The SMILES string of the molecule is COc1cc(Br)c(-c2cc(C(=O)O)no2)c(OC)c1. The highest BCUT2D eigenvalue weighted by Gasteiger charge is 2.19. The van der Waals surface area contributed by atoms with Crippen molar-refractivity contribution in [1.82, 2.24) is 5.16 Å². The Labute approximate surface area is 117 Å². The summed E-state index contributed by atoms with van der Waals surface area (Å²) in [5, 5.41) is 12.3. The number of halogens is 1. The third-order valence-corrected chi connectivity index (χ3v) is 3.08. The van der Waals surface area contributed by atoms with Crippen LogP contribution in [0.1, 0.15) is 10.5 Å². The summed E-state index contributed by atoms with van der Waals surface area (Å²) >= 11 is 3.37. The third-order valence-electron chi connectivity index (χ3n) is 2.46. The summed E-state index contributed by atoms with van der Waals surface area (Å²) in [6.45, 7) is 0. The Morgan fingerprint density at radius 2 is 2.05 bits per heavy atom. The minimum absolute atomic E-state index is 0.167. The molecule has 0 amide bonds. The molecule has 6 nitrogen and oxygen atoms in total. The van der Waals surface area contributed by atoms with Gasteiger partial charge >= 0.3 is 5.97 Å². The standard InChI is InChI=1S/C12H10BrNO5/c1-17-6-3-7(13)11(9(4-6)18-2)10-5-8(12(15)16)14-19-10/h3-5H,1-2H3,(H,15,16). The maximum atomic E-state index is 10.8. The topological polar surface area (TPSA) is 81.8 Å². The van der Waals surface area contributed by atoms with E-state index in [1.165, 1.54) is 20.3 Å². The zero-order chi connectivity index (χ0) is 14.0. The number of benzene rings is 1. The van der Waals surface area contributed by atoms with Crippen molar-refractivity contribution in [2.45, 2.75) is 0 Å². The van der Waals surface area contributed by atoms with Gasteiger partial charge < -0.3 is 19.1 Å². The largest absolute Gasteiger partial charge is 0.497 e. The van der Waals surface area contributed by atoms with Crippen molar-refractivity contribution in [1.29, 1.82) is 0 Å². The van der Waals surface area contributed by atoms with Gasteiger partial charge in [0.15, 0.2) is 11.5 Å². The molecule has 0 bridgehead atoms. The van der Waals surface area contributed by atoms with E-state index >= 15 is 0 Å². The summed E-state index contributed by atoms with van der Waals surface area (Å²) in [5.41, 5.74) is 0.406. The van der Waals surface area contributed by atoms with Crippen molar-refractivity contribution in [3.05, 3.63) is 28.4 Å². The fourth-order valence-corrected chi connectivity index (χ4v) is 2.19. The number of hydrogen-bond acceptors (Lipinski definition) is 5. The van der Waals surface area contributed by atoms with Crippen LogP contribution < -0.4 is 9.47 Å². The highest BCUT2D eigenvalue weighted by atomic mass is 79.9. The van der Waals surface area contributed by atoms with Gasteiger partial charge in [-0.25, -0.2) is 4.79 Å². The van der Waals surface area contributed by atoms with Gasteiger partial charge in [0.2, 0.25) is 0 Å². The van der Waals surface area contributed by atoms with Crippen LogP contribution in [0.4, 0.5) is 0 Å². The highest BCUT2D eigenvalue weighted by Crippen LogP contribution is 2.40. The fraction of sp³-hybridized carbons (Fsp3) is 0.167. The summed E-state index contributed by atoms with van der Waals surface area (Å²) in [7, 11) is 3.04. The van der Waals surface area contributed by atoms with Crippen LogP contribution in [0.5, 0.6) is 11.5 Å². The van der Waals surface area contributed by atoms with Gasteiger partial charge in [-0.2, -0.15) is 0 Å². The van der Waals surface area contributed by atoms with E-state index in [1.54, 1.807) is 12.1 Å². The molecule has 2 rings (SSSR count). The predicted molar refractivity (Wildman–Crippen MR) is 69.7 cm³/mol. The molecule has 1 aromatic carbocycles. The first-order valence-corrected chi connectivity index (χ1v) is 5.98. The normalized spacial score (nSPS) is 10.3. The molecule has 1 N–H and O–H groups in total.